The number of carbonyl (C=O) groups is 1. The van der Waals surface area contributed by atoms with E-state index in [2.05, 4.69) is 0 Å². The molecule has 0 aliphatic rings. The molecule has 6 heteroatoms. The summed E-state index contributed by atoms with van der Waals surface area (Å²) in [5.74, 6) is -1.57. The summed E-state index contributed by atoms with van der Waals surface area (Å²) in [5, 5.41) is 8.80. The van der Waals surface area contributed by atoms with Crippen LogP contribution in [0.5, 0.6) is 0 Å². The Morgan fingerprint density at radius 1 is 1.21 bits per heavy atom. The molecule has 1 aromatic rings. The van der Waals surface area contributed by atoms with E-state index in [0.29, 0.717) is 26.4 Å². The average molecular weight is 272 g/mol. The maximum Gasteiger partial charge on any atom is 0.335 e. The van der Waals surface area contributed by atoms with Crippen LogP contribution in [0.25, 0.3) is 0 Å². The van der Waals surface area contributed by atoms with Gasteiger partial charge in [0.1, 0.15) is 5.82 Å². The van der Waals surface area contributed by atoms with E-state index in [1.807, 2.05) is 0 Å². The molecule has 1 aromatic carbocycles. The molecule has 0 radical (unpaired) electrons. The van der Waals surface area contributed by atoms with Crippen LogP contribution in [0.2, 0.25) is 0 Å². The summed E-state index contributed by atoms with van der Waals surface area (Å²) in [6, 6.07) is 3.61. The molecule has 0 bridgehead atoms. The minimum atomic E-state index is -1.09. The zero-order valence-electron chi connectivity index (χ0n) is 10.7. The predicted octanol–water partition coefficient (Wildman–Crippen LogP) is 1.70. The number of ether oxygens (including phenoxy) is 3. The Balaban J connectivity index is 2.32. The monoisotopic (exact) mass is 272 g/mol. The number of halogens is 1. The lowest BCUT2D eigenvalue weighted by Gasteiger charge is -2.07. The number of benzene rings is 1. The molecule has 0 saturated carbocycles. The van der Waals surface area contributed by atoms with Gasteiger partial charge in [0.05, 0.1) is 38.6 Å². The fourth-order valence-corrected chi connectivity index (χ4v) is 1.36. The Labute approximate surface area is 110 Å². The summed E-state index contributed by atoms with van der Waals surface area (Å²) in [5.41, 5.74) is 0.258. The summed E-state index contributed by atoms with van der Waals surface area (Å²) < 4.78 is 28.6. The molecule has 0 unspecified atom stereocenters. The second-order valence-electron chi connectivity index (χ2n) is 3.77. The van der Waals surface area contributed by atoms with Crippen molar-refractivity contribution in [1.29, 1.82) is 0 Å². The number of hydrogen-bond acceptors (Lipinski definition) is 4. The topological polar surface area (TPSA) is 65.0 Å². The van der Waals surface area contributed by atoms with Gasteiger partial charge in [0.25, 0.3) is 0 Å². The predicted molar refractivity (Wildman–Crippen MR) is 65.7 cm³/mol. The Bertz CT molecular complexity index is 408. The van der Waals surface area contributed by atoms with Gasteiger partial charge in [-0.05, 0) is 18.2 Å². The van der Waals surface area contributed by atoms with Gasteiger partial charge in [-0.1, -0.05) is 0 Å². The van der Waals surface area contributed by atoms with Crippen molar-refractivity contribution in [2.24, 2.45) is 0 Å². The van der Waals surface area contributed by atoms with Crippen molar-refractivity contribution in [2.45, 2.75) is 6.61 Å². The summed E-state index contributed by atoms with van der Waals surface area (Å²) in [6.45, 7) is 1.68. The minimum Gasteiger partial charge on any atom is -0.478 e. The SMILES string of the molecule is COCCOCCOCc1cc(C(=O)O)ccc1F. The van der Waals surface area contributed by atoms with Gasteiger partial charge in [-0.25, -0.2) is 9.18 Å². The van der Waals surface area contributed by atoms with Crippen molar-refractivity contribution in [3.8, 4) is 0 Å². The smallest absolute Gasteiger partial charge is 0.335 e. The molecule has 106 valence electrons. The molecule has 0 aliphatic carbocycles. The van der Waals surface area contributed by atoms with Crippen LogP contribution in [0.15, 0.2) is 18.2 Å². The third-order valence-electron chi connectivity index (χ3n) is 2.35. The van der Waals surface area contributed by atoms with Gasteiger partial charge in [-0.3, -0.25) is 0 Å². The highest BCUT2D eigenvalue weighted by Gasteiger charge is 2.08. The number of hydrogen-bond donors (Lipinski definition) is 1. The van der Waals surface area contributed by atoms with Crippen molar-refractivity contribution in [1.82, 2.24) is 0 Å². The fourth-order valence-electron chi connectivity index (χ4n) is 1.36. The lowest BCUT2D eigenvalue weighted by Crippen LogP contribution is -2.09. The third-order valence-corrected chi connectivity index (χ3v) is 2.35. The van der Waals surface area contributed by atoms with E-state index in [0.717, 1.165) is 6.07 Å². The Kier molecular flexibility index (Phi) is 7.02. The van der Waals surface area contributed by atoms with Crippen LogP contribution in [0.4, 0.5) is 4.39 Å². The molecule has 5 nitrogen and oxygen atoms in total. The second-order valence-corrected chi connectivity index (χ2v) is 3.77. The molecule has 19 heavy (non-hydrogen) atoms. The van der Waals surface area contributed by atoms with Gasteiger partial charge in [-0.2, -0.15) is 0 Å². The largest absolute Gasteiger partial charge is 0.478 e. The van der Waals surface area contributed by atoms with E-state index >= 15 is 0 Å². The molecule has 0 amide bonds. The molecule has 1 N–H and O–H groups in total. The van der Waals surface area contributed by atoms with Gasteiger partial charge < -0.3 is 19.3 Å². The van der Waals surface area contributed by atoms with Gasteiger partial charge in [0.15, 0.2) is 0 Å². The zero-order chi connectivity index (χ0) is 14.1. The van der Waals surface area contributed by atoms with Crippen molar-refractivity contribution in [3.05, 3.63) is 35.1 Å². The summed E-state index contributed by atoms with van der Waals surface area (Å²) in [6.07, 6.45) is 0. The minimum absolute atomic E-state index is 0.0145. The highest BCUT2D eigenvalue weighted by Crippen LogP contribution is 2.12. The number of rotatable bonds is 9. The Morgan fingerprint density at radius 3 is 2.58 bits per heavy atom. The van der Waals surface area contributed by atoms with Crippen molar-refractivity contribution in [2.75, 3.05) is 33.5 Å². The average Bonchev–Trinajstić information content (AvgIpc) is 2.39. The molecular formula is C13H17FO5. The van der Waals surface area contributed by atoms with Gasteiger partial charge in [-0.15, -0.1) is 0 Å². The summed E-state index contributed by atoms with van der Waals surface area (Å²) in [7, 11) is 1.58. The molecule has 0 saturated heterocycles. The molecule has 1 rings (SSSR count). The number of carboxylic acids is 1. The van der Waals surface area contributed by atoms with Gasteiger partial charge in [0, 0.05) is 12.7 Å². The number of methoxy groups -OCH3 is 1. The van der Waals surface area contributed by atoms with Crippen LogP contribution in [-0.2, 0) is 20.8 Å². The second kappa shape index (κ2) is 8.58. The van der Waals surface area contributed by atoms with E-state index in [1.165, 1.54) is 12.1 Å². The first-order valence-corrected chi connectivity index (χ1v) is 5.81. The first kappa shape index (κ1) is 15.6. The molecule has 0 heterocycles. The first-order valence-electron chi connectivity index (χ1n) is 5.81. The molecular weight excluding hydrogens is 255 g/mol. The number of aromatic carboxylic acids is 1. The van der Waals surface area contributed by atoms with E-state index in [9.17, 15) is 9.18 Å². The maximum absolute atomic E-state index is 13.4. The third kappa shape index (κ3) is 5.78. The van der Waals surface area contributed by atoms with E-state index in [-0.39, 0.29) is 17.7 Å². The number of carboxylic acid groups (broad SMARTS) is 1. The maximum atomic E-state index is 13.4. The zero-order valence-corrected chi connectivity index (χ0v) is 10.7. The molecule has 0 spiro atoms. The van der Waals surface area contributed by atoms with E-state index < -0.39 is 11.8 Å². The molecule has 0 aromatic heterocycles. The highest BCUT2D eigenvalue weighted by molar-refractivity contribution is 5.87. The fraction of sp³-hybridized carbons (Fsp3) is 0.462. The van der Waals surface area contributed by atoms with E-state index in [4.69, 9.17) is 19.3 Å². The van der Waals surface area contributed by atoms with Gasteiger partial charge in [0.2, 0.25) is 0 Å². The van der Waals surface area contributed by atoms with Crippen molar-refractivity contribution >= 4 is 5.97 Å². The molecule has 0 fully saturated rings. The molecule has 0 aliphatic heterocycles. The van der Waals surface area contributed by atoms with Crippen molar-refractivity contribution in [3.63, 3.8) is 0 Å². The van der Waals surface area contributed by atoms with Crippen LogP contribution < -0.4 is 0 Å². The van der Waals surface area contributed by atoms with E-state index in [1.54, 1.807) is 7.11 Å². The summed E-state index contributed by atoms with van der Waals surface area (Å²) >= 11 is 0. The highest BCUT2D eigenvalue weighted by atomic mass is 19.1. The lowest BCUT2D eigenvalue weighted by molar-refractivity contribution is 0.0193. The lowest BCUT2D eigenvalue weighted by atomic mass is 10.1. The first-order chi connectivity index (χ1) is 9.15. The van der Waals surface area contributed by atoms with Crippen LogP contribution in [-0.4, -0.2) is 44.6 Å². The Hall–Kier alpha value is -1.50. The quantitative estimate of drug-likeness (QED) is 0.693. The normalized spacial score (nSPS) is 10.6. The molecule has 0 atom stereocenters. The Morgan fingerprint density at radius 2 is 1.89 bits per heavy atom. The van der Waals surface area contributed by atoms with Crippen LogP contribution >= 0.6 is 0 Å². The van der Waals surface area contributed by atoms with Crippen LogP contribution in [0.3, 0.4) is 0 Å². The van der Waals surface area contributed by atoms with Crippen LogP contribution in [0, 0.1) is 5.82 Å². The van der Waals surface area contributed by atoms with Gasteiger partial charge >= 0.3 is 5.97 Å². The van der Waals surface area contributed by atoms with Crippen LogP contribution in [0.1, 0.15) is 15.9 Å². The summed E-state index contributed by atoms with van der Waals surface area (Å²) in [4.78, 5) is 10.7. The standard InChI is InChI=1S/C13H17FO5/c1-17-4-5-18-6-7-19-9-11-8-10(13(15)16)2-3-12(11)14/h2-3,8H,4-7,9H2,1H3,(H,15,16). The van der Waals surface area contributed by atoms with Crippen molar-refractivity contribution < 1.29 is 28.5 Å².